The summed E-state index contributed by atoms with van der Waals surface area (Å²) in [5, 5.41) is 10.6. The number of ether oxygens (including phenoxy) is 1. The van der Waals surface area contributed by atoms with Crippen molar-refractivity contribution >= 4 is 16.9 Å². The number of carbonyl (C=O) groups is 1. The summed E-state index contributed by atoms with van der Waals surface area (Å²) >= 11 is 0. The van der Waals surface area contributed by atoms with E-state index in [1.54, 1.807) is 18.1 Å². The molecule has 1 saturated heterocycles. The van der Waals surface area contributed by atoms with Gasteiger partial charge in [0.1, 0.15) is 5.75 Å². The van der Waals surface area contributed by atoms with Crippen LogP contribution in [0, 0.1) is 6.92 Å². The van der Waals surface area contributed by atoms with Crippen molar-refractivity contribution < 1.29 is 23.4 Å². The van der Waals surface area contributed by atoms with Gasteiger partial charge in [-0.05, 0) is 48.2 Å². The van der Waals surface area contributed by atoms with Gasteiger partial charge in [0.05, 0.1) is 19.2 Å². The summed E-state index contributed by atoms with van der Waals surface area (Å²) < 4.78 is 32.1. The monoisotopic (exact) mass is 471 g/mol. The number of rotatable bonds is 8. The summed E-state index contributed by atoms with van der Waals surface area (Å²) in [6, 6.07) is 9.29. The zero-order chi connectivity index (χ0) is 24.4. The summed E-state index contributed by atoms with van der Waals surface area (Å²) in [4.78, 5) is 19.0. The van der Waals surface area contributed by atoms with Gasteiger partial charge in [-0.2, -0.15) is 0 Å². The van der Waals surface area contributed by atoms with Crippen LogP contribution in [-0.4, -0.2) is 65.6 Å². The number of H-pyrrole nitrogens is 1. The van der Waals surface area contributed by atoms with E-state index in [1.165, 1.54) is 0 Å². The topological polar surface area (TPSA) is 68.8 Å². The lowest BCUT2D eigenvalue weighted by atomic mass is 9.95. The van der Waals surface area contributed by atoms with Crippen molar-refractivity contribution in [3.63, 3.8) is 0 Å². The lowest BCUT2D eigenvalue weighted by Gasteiger charge is -2.42. The highest BCUT2D eigenvalue weighted by Gasteiger charge is 2.31. The van der Waals surface area contributed by atoms with Crippen LogP contribution in [0.4, 0.5) is 8.78 Å². The second kappa shape index (κ2) is 10.1. The van der Waals surface area contributed by atoms with Gasteiger partial charge in [0.15, 0.2) is 0 Å². The maximum Gasteiger partial charge on any atom is 0.335 e. The van der Waals surface area contributed by atoms with Crippen molar-refractivity contribution in [1.82, 2.24) is 14.8 Å². The summed E-state index contributed by atoms with van der Waals surface area (Å²) in [6.45, 7) is 5.88. The number of aromatic carboxylic acids is 1. The molecule has 34 heavy (non-hydrogen) atoms. The molecule has 182 valence electrons. The van der Waals surface area contributed by atoms with Crippen molar-refractivity contribution in [2.24, 2.45) is 0 Å². The number of halogens is 2. The number of nitrogens with one attached hydrogen (secondary N) is 1. The average Bonchev–Trinajstić information content (AvgIpc) is 3.31. The Morgan fingerprint density at radius 2 is 2.06 bits per heavy atom. The standard InChI is InChI=1S/C26H31F2N3O3/c1-4-17-12-18(5-6-19(17)26(32)33)22-14-30(15-24(27)28)9-10-31(22)13-21-20-7-8-29-25(20)16(2)11-23(21)34-3/h5-8,11-12,22,24,29H,4,9-10,13-15H2,1-3H3,(H,32,33). The number of aromatic amines is 1. The zero-order valence-corrected chi connectivity index (χ0v) is 19.8. The Morgan fingerprint density at radius 3 is 2.74 bits per heavy atom. The van der Waals surface area contributed by atoms with Gasteiger partial charge in [-0.1, -0.05) is 19.1 Å². The van der Waals surface area contributed by atoms with Crippen molar-refractivity contribution in [2.75, 3.05) is 33.3 Å². The number of alkyl halides is 2. The second-order valence-electron chi connectivity index (χ2n) is 8.85. The Labute approximate surface area is 198 Å². The third-order valence-electron chi connectivity index (χ3n) is 6.79. The smallest absolute Gasteiger partial charge is 0.335 e. The van der Waals surface area contributed by atoms with Gasteiger partial charge in [0.25, 0.3) is 6.43 Å². The molecule has 1 aromatic heterocycles. The zero-order valence-electron chi connectivity index (χ0n) is 19.8. The van der Waals surface area contributed by atoms with E-state index in [4.69, 9.17) is 4.74 Å². The lowest BCUT2D eigenvalue weighted by Crippen LogP contribution is -2.49. The summed E-state index contributed by atoms with van der Waals surface area (Å²) in [7, 11) is 1.66. The van der Waals surface area contributed by atoms with E-state index >= 15 is 0 Å². The quantitative estimate of drug-likeness (QED) is 0.491. The van der Waals surface area contributed by atoms with Crippen LogP contribution in [0.15, 0.2) is 36.5 Å². The highest BCUT2D eigenvalue weighted by molar-refractivity contribution is 5.89. The molecule has 1 atom stereocenters. The molecule has 1 aliphatic heterocycles. The number of hydrogen-bond acceptors (Lipinski definition) is 4. The maximum atomic E-state index is 13.2. The number of aromatic nitrogens is 1. The van der Waals surface area contributed by atoms with Gasteiger partial charge >= 0.3 is 5.97 Å². The molecule has 1 unspecified atom stereocenters. The predicted octanol–water partition coefficient (Wildman–Crippen LogP) is 4.87. The molecule has 2 N–H and O–H groups in total. The van der Waals surface area contributed by atoms with Crippen LogP contribution >= 0.6 is 0 Å². The molecule has 2 heterocycles. The first-order valence-electron chi connectivity index (χ1n) is 11.6. The van der Waals surface area contributed by atoms with Crippen molar-refractivity contribution in [3.8, 4) is 5.75 Å². The molecule has 3 aromatic rings. The first kappa shape index (κ1) is 24.2. The van der Waals surface area contributed by atoms with Crippen LogP contribution in [0.3, 0.4) is 0 Å². The van der Waals surface area contributed by atoms with E-state index < -0.39 is 12.4 Å². The minimum absolute atomic E-state index is 0.152. The van der Waals surface area contributed by atoms with E-state index in [2.05, 4.69) is 9.88 Å². The predicted molar refractivity (Wildman–Crippen MR) is 128 cm³/mol. The molecule has 0 radical (unpaired) electrons. The fourth-order valence-corrected chi connectivity index (χ4v) is 5.05. The van der Waals surface area contributed by atoms with E-state index in [1.807, 2.05) is 44.3 Å². The van der Waals surface area contributed by atoms with Crippen LogP contribution in [0.25, 0.3) is 10.9 Å². The van der Waals surface area contributed by atoms with Gasteiger partial charge < -0.3 is 14.8 Å². The van der Waals surface area contributed by atoms with Gasteiger partial charge in [0.2, 0.25) is 0 Å². The van der Waals surface area contributed by atoms with Crippen LogP contribution in [0.2, 0.25) is 0 Å². The summed E-state index contributed by atoms with van der Waals surface area (Å²) in [6.07, 6.45) is 0.0969. The number of nitrogens with zero attached hydrogens (tertiary/aromatic N) is 2. The van der Waals surface area contributed by atoms with E-state index in [0.29, 0.717) is 32.6 Å². The molecule has 0 bridgehead atoms. The molecule has 6 nitrogen and oxygen atoms in total. The molecule has 0 aliphatic carbocycles. The fourth-order valence-electron chi connectivity index (χ4n) is 5.05. The van der Waals surface area contributed by atoms with Crippen LogP contribution < -0.4 is 4.74 Å². The first-order chi connectivity index (χ1) is 16.3. The minimum Gasteiger partial charge on any atom is -0.496 e. The van der Waals surface area contributed by atoms with Gasteiger partial charge in [0, 0.05) is 54.9 Å². The largest absolute Gasteiger partial charge is 0.496 e. The van der Waals surface area contributed by atoms with E-state index in [0.717, 1.165) is 38.9 Å². The van der Waals surface area contributed by atoms with E-state index in [9.17, 15) is 18.7 Å². The van der Waals surface area contributed by atoms with Crippen LogP contribution in [0.1, 0.15) is 45.6 Å². The Hall–Kier alpha value is -2.97. The molecule has 1 fully saturated rings. The average molecular weight is 472 g/mol. The van der Waals surface area contributed by atoms with Crippen molar-refractivity contribution in [2.45, 2.75) is 39.3 Å². The van der Waals surface area contributed by atoms with Crippen molar-refractivity contribution in [1.29, 1.82) is 0 Å². The Balaban J connectivity index is 1.73. The fraction of sp³-hybridized carbons (Fsp3) is 0.423. The molecular formula is C26H31F2N3O3. The highest BCUT2D eigenvalue weighted by atomic mass is 19.3. The Morgan fingerprint density at radius 1 is 1.26 bits per heavy atom. The molecular weight excluding hydrogens is 440 g/mol. The number of piperazine rings is 1. The molecule has 0 saturated carbocycles. The number of hydrogen-bond donors (Lipinski definition) is 2. The minimum atomic E-state index is -2.40. The van der Waals surface area contributed by atoms with Crippen LogP contribution in [-0.2, 0) is 13.0 Å². The summed E-state index contributed by atoms with van der Waals surface area (Å²) in [5.74, 6) is -0.156. The Bertz CT molecular complexity index is 1180. The number of fused-ring (bicyclic) bond motifs is 1. The number of carboxylic acid groups (broad SMARTS) is 1. The van der Waals surface area contributed by atoms with E-state index in [-0.39, 0.29) is 18.2 Å². The number of aryl methyl sites for hydroxylation is 2. The second-order valence-corrected chi connectivity index (χ2v) is 8.85. The van der Waals surface area contributed by atoms with Crippen LogP contribution in [0.5, 0.6) is 5.75 Å². The molecule has 2 aromatic carbocycles. The van der Waals surface area contributed by atoms with Gasteiger partial charge in [-0.3, -0.25) is 9.80 Å². The third-order valence-corrected chi connectivity index (χ3v) is 6.79. The Kier molecular flexibility index (Phi) is 7.19. The highest BCUT2D eigenvalue weighted by Crippen LogP contribution is 2.35. The van der Waals surface area contributed by atoms with Gasteiger partial charge in [-0.15, -0.1) is 0 Å². The third kappa shape index (κ3) is 4.79. The van der Waals surface area contributed by atoms with Crippen molar-refractivity contribution in [3.05, 3.63) is 64.3 Å². The first-order valence-corrected chi connectivity index (χ1v) is 11.6. The maximum absolute atomic E-state index is 13.2. The summed E-state index contributed by atoms with van der Waals surface area (Å²) in [5.41, 5.74) is 5.18. The molecule has 8 heteroatoms. The number of benzene rings is 2. The molecule has 1 aliphatic rings. The normalized spacial score (nSPS) is 17.5. The molecule has 4 rings (SSSR count). The lowest BCUT2D eigenvalue weighted by molar-refractivity contribution is 0.0245. The molecule has 0 spiro atoms. The molecule has 0 amide bonds. The van der Waals surface area contributed by atoms with Gasteiger partial charge in [-0.25, -0.2) is 13.6 Å². The number of carboxylic acids is 1. The SMILES string of the molecule is CCc1cc(C2CN(CC(F)F)CCN2Cc2c(OC)cc(C)c3[nH]ccc23)ccc1C(=O)O. The number of methoxy groups -OCH3 is 1.